The molecule has 10 heteroatoms. The lowest BCUT2D eigenvalue weighted by Crippen LogP contribution is -2.28. The second kappa shape index (κ2) is 18.4. The Balaban J connectivity index is 1.37. The number of rotatable bonds is 21. The predicted octanol–water partition coefficient (Wildman–Crippen LogP) is 3.56. The van der Waals surface area contributed by atoms with Gasteiger partial charge in [-0.2, -0.15) is 0 Å². The SMILES string of the molecule is CCCCC[C@H](O)CC[C@@H]1[C@H]2Cc3cccc(OCC(=O)OC(C)COCCOCCOCC(=O)O)c3C[C@H]2C[C@H]1O. The number of carboxylic acid groups (broad SMARTS) is 1. The molecule has 0 radical (unpaired) electrons. The smallest absolute Gasteiger partial charge is 0.344 e. The Labute approximate surface area is 249 Å². The number of hydrogen-bond donors (Lipinski definition) is 3. The minimum Gasteiger partial charge on any atom is -0.482 e. The average Bonchev–Trinajstić information content (AvgIpc) is 3.26. The fraction of sp³-hybridized carbons (Fsp3) is 0.750. The van der Waals surface area contributed by atoms with Gasteiger partial charge in [-0.1, -0.05) is 38.3 Å². The third-order valence-electron chi connectivity index (χ3n) is 8.32. The van der Waals surface area contributed by atoms with Crippen LogP contribution in [0, 0.1) is 17.8 Å². The van der Waals surface area contributed by atoms with Crippen molar-refractivity contribution in [2.75, 3.05) is 46.2 Å². The fourth-order valence-electron chi connectivity index (χ4n) is 6.27. The molecule has 2 aliphatic rings. The molecule has 238 valence electrons. The van der Waals surface area contributed by atoms with Crippen LogP contribution >= 0.6 is 0 Å². The number of ether oxygens (including phenoxy) is 5. The summed E-state index contributed by atoms with van der Waals surface area (Å²) in [6.45, 7) is 4.67. The number of unbranched alkanes of at least 4 members (excludes halogenated alkanes) is 2. The van der Waals surface area contributed by atoms with E-state index in [1.54, 1.807) is 6.92 Å². The van der Waals surface area contributed by atoms with Crippen LogP contribution in [0.1, 0.15) is 69.9 Å². The summed E-state index contributed by atoms with van der Waals surface area (Å²) >= 11 is 0. The lowest BCUT2D eigenvalue weighted by atomic mass is 9.73. The summed E-state index contributed by atoms with van der Waals surface area (Å²) in [5, 5.41) is 29.8. The van der Waals surface area contributed by atoms with Crippen LogP contribution in [-0.4, -0.2) is 91.8 Å². The van der Waals surface area contributed by atoms with Crippen LogP contribution in [-0.2, 0) is 41.4 Å². The molecule has 42 heavy (non-hydrogen) atoms. The topological polar surface area (TPSA) is 141 Å². The number of aliphatic hydroxyl groups is 2. The summed E-state index contributed by atoms with van der Waals surface area (Å²) in [6.07, 6.45) is 7.16. The third-order valence-corrected chi connectivity index (χ3v) is 8.32. The van der Waals surface area contributed by atoms with Crippen LogP contribution in [0.5, 0.6) is 5.75 Å². The minimum absolute atomic E-state index is 0.193. The monoisotopic (exact) mass is 594 g/mol. The maximum absolute atomic E-state index is 12.4. The molecule has 0 heterocycles. The first-order chi connectivity index (χ1) is 20.3. The molecule has 0 aliphatic heterocycles. The van der Waals surface area contributed by atoms with E-state index in [0.717, 1.165) is 63.4 Å². The van der Waals surface area contributed by atoms with Gasteiger partial charge in [0.15, 0.2) is 6.61 Å². The maximum Gasteiger partial charge on any atom is 0.344 e. The number of esters is 1. The van der Waals surface area contributed by atoms with Crippen LogP contribution in [0.15, 0.2) is 18.2 Å². The van der Waals surface area contributed by atoms with Crippen molar-refractivity contribution in [3.05, 3.63) is 29.3 Å². The number of carbonyl (C=O) groups excluding carboxylic acids is 1. The van der Waals surface area contributed by atoms with Crippen molar-refractivity contribution in [1.82, 2.24) is 0 Å². The standard InChI is InChI=1S/C32H50O10/c1-3-4-5-8-25(33)10-11-26-27-16-23-7-6-9-30(28(23)17-24(27)18-29(26)34)41-21-32(37)42-22(2)19-39-14-12-38-13-15-40-20-31(35)36/h6-7,9,22,24-27,29,33-34H,3-5,8,10-21H2,1-2H3,(H,35,36)/t22?,24-,25-,26+,27-,29+/m0/s1. The molecular weight excluding hydrogens is 544 g/mol. The lowest BCUT2D eigenvalue weighted by Gasteiger charge is -2.32. The highest BCUT2D eigenvalue weighted by molar-refractivity contribution is 5.71. The zero-order valence-corrected chi connectivity index (χ0v) is 25.2. The van der Waals surface area contributed by atoms with E-state index in [0.29, 0.717) is 30.8 Å². The summed E-state index contributed by atoms with van der Waals surface area (Å²) in [5.41, 5.74) is 2.32. The van der Waals surface area contributed by atoms with Gasteiger partial charge in [-0.3, -0.25) is 0 Å². The van der Waals surface area contributed by atoms with Gasteiger partial charge in [0.05, 0.1) is 45.2 Å². The summed E-state index contributed by atoms with van der Waals surface area (Å²) in [5.74, 6) is 0.167. The van der Waals surface area contributed by atoms with E-state index in [-0.39, 0.29) is 51.2 Å². The van der Waals surface area contributed by atoms with Gasteiger partial charge < -0.3 is 39.0 Å². The van der Waals surface area contributed by atoms with E-state index in [1.165, 1.54) is 5.56 Å². The van der Waals surface area contributed by atoms with E-state index >= 15 is 0 Å². The first-order valence-electron chi connectivity index (χ1n) is 15.5. The minimum atomic E-state index is -1.02. The van der Waals surface area contributed by atoms with Crippen molar-refractivity contribution in [3.8, 4) is 5.75 Å². The second-order valence-electron chi connectivity index (χ2n) is 11.6. The van der Waals surface area contributed by atoms with Crippen molar-refractivity contribution in [2.24, 2.45) is 17.8 Å². The number of carboxylic acids is 1. The summed E-state index contributed by atoms with van der Waals surface area (Å²) < 4.78 is 27.0. The number of aliphatic carboxylic acids is 1. The van der Waals surface area contributed by atoms with Gasteiger partial charge in [-0.15, -0.1) is 0 Å². The molecule has 2 aliphatic carbocycles. The molecule has 0 aromatic heterocycles. The number of benzene rings is 1. The molecule has 0 bridgehead atoms. The molecule has 1 fully saturated rings. The van der Waals surface area contributed by atoms with Crippen LogP contribution in [0.3, 0.4) is 0 Å². The Morgan fingerprint density at radius 3 is 2.52 bits per heavy atom. The predicted molar refractivity (Wildman–Crippen MR) is 155 cm³/mol. The lowest BCUT2D eigenvalue weighted by molar-refractivity contribution is -0.153. The fourth-order valence-corrected chi connectivity index (χ4v) is 6.27. The molecule has 1 unspecified atom stereocenters. The van der Waals surface area contributed by atoms with Crippen LogP contribution in [0.4, 0.5) is 0 Å². The van der Waals surface area contributed by atoms with Gasteiger partial charge in [-0.05, 0) is 80.4 Å². The number of carbonyl (C=O) groups is 2. The number of hydrogen-bond acceptors (Lipinski definition) is 9. The molecule has 0 amide bonds. The normalized spacial score (nSPS) is 22.7. The Morgan fingerprint density at radius 2 is 1.76 bits per heavy atom. The van der Waals surface area contributed by atoms with Crippen molar-refractivity contribution in [1.29, 1.82) is 0 Å². The molecule has 0 saturated heterocycles. The molecule has 1 saturated carbocycles. The van der Waals surface area contributed by atoms with E-state index in [1.807, 2.05) is 12.1 Å². The Kier molecular flexibility index (Phi) is 15.0. The van der Waals surface area contributed by atoms with Crippen molar-refractivity contribution < 1.29 is 48.6 Å². The number of fused-ring (bicyclic) bond motifs is 2. The summed E-state index contributed by atoms with van der Waals surface area (Å²) in [6, 6.07) is 5.96. The Hall–Kier alpha value is -2.24. The highest BCUT2D eigenvalue weighted by atomic mass is 16.6. The second-order valence-corrected chi connectivity index (χ2v) is 11.6. The van der Waals surface area contributed by atoms with Gasteiger partial charge in [0.1, 0.15) is 18.5 Å². The highest BCUT2D eigenvalue weighted by Gasteiger charge is 2.44. The van der Waals surface area contributed by atoms with Gasteiger partial charge in [0.2, 0.25) is 0 Å². The number of aliphatic hydroxyl groups excluding tert-OH is 2. The van der Waals surface area contributed by atoms with Gasteiger partial charge in [0.25, 0.3) is 0 Å². The summed E-state index contributed by atoms with van der Waals surface area (Å²) in [7, 11) is 0. The molecule has 0 spiro atoms. The molecular formula is C32H50O10. The summed E-state index contributed by atoms with van der Waals surface area (Å²) in [4.78, 5) is 22.8. The third kappa shape index (κ3) is 11.4. The molecule has 6 atom stereocenters. The molecule has 3 rings (SSSR count). The Morgan fingerprint density at radius 1 is 1.00 bits per heavy atom. The zero-order valence-electron chi connectivity index (χ0n) is 25.2. The van der Waals surface area contributed by atoms with Crippen molar-refractivity contribution in [3.63, 3.8) is 0 Å². The zero-order chi connectivity index (χ0) is 30.3. The van der Waals surface area contributed by atoms with Crippen LogP contribution in [0.2, 0.25) is 0 Å². The van der Waals surface area contributed by atoms with E-state index in [9.17, 15) is 19.8 Å². The molecule has 3 N–H and O–H groups in total. The van der Waals surface area contributed by atoms with Gasteiger partial charge in [-0.25, -0.2) is 9.59 Å². The Bertz CT molecular complexity index is 953. The largest absolute Gasteiger partial charge is 0.482 e. The molecule has 10 nitrogen and oxygen atoms in total. The van der Waals surface area contributed by atoms with Gasteiger partial charge in [0, 0.05) is 0 Å². The van der Waals surface area contributed by atoms with Crippen LogP contribution < -0.4 is 4.74 Å². The van der Waals surface area contributed by atoms with Crippen LogP contribution in [0.25, 0.3) is 0 Å². The first kappa shape index (κ1) is 34.3. The quantitative estimate of drug-likeness (QED) is 0.143. The van der Waals surface area contributed by atoms with Crippen molar-refractivity contribution in [2.45, 2.75) is 89.9 Å². The average molecular weight is 595 g/mol. The van der Waals surface area contributed by atoms with E-state index < -0.39 is 18.0 Å². The maximum atomic E-state index is 12.4. The van der Waals surface area contributed by atoms with Gasteiger partial charge >= 0.3 is 11.9 Å². The molecule has 1 aromatic rings. The molecule has 1 aromatic carbocycles. The van der Waals surface area contributed by atoms with E-state index in [2.05, 4.69) is 13.0 Å². The van der Waals surface area contributed by atoms with E-state index in [4.69, 9.17) is 28.8 Å². The van der Waals surface area contributed by atoms with Crippen molar-refractivity contribution >= 4 is 11.9 Å². The first-order valence-corrected chi connectivity index (χ1v) is 15.5. The highest BCUT2D eigenvalue weighted by Crippen LogP contribution is 2.48.